The van der Waals surface area contributed by atoms with Crippen LogP contribution >= 0.6 is 0 Å². The summed E-state index contributed by atoms with van der Waals surface area (Å²) in [6.45, 7) is 2.63. The van der Waals surface area contributed by atoms with Crippen LogP contribution in [0, 0.1) is 11.6 Å². The summed E-state index contributed by atoms with van der Waals surface area (Å²) in [4.78, 5) is 21.8. The van der Waals surface area contributed by atoms with Gasteiger partial charge in [-0.3, -0.25) is 9.69 Å². The van der Waals surface area contributed by atoms with E-state index in [1.807, 2.05) is 0 Å². The zero-order chi connectivity index (χ0) is 22.3. The molecule has 1 N–H and O–H groups in total. The van der Waals surface area contributed by atoms with Gasteiger partial charge in [-0.05, 0) is 69.5 Å². The van der Waals surface area contributed by atoms with Crippen molar-refractivity contribution in [1.29, 1.82) is 0 Å². The Balaban J connectivity index is 1.51. The van der Waals surface area contributed by atoms with Crippen molar-refractivity contribution in [3.05, 3.63) is 42.1 Å². The first kappa shape index (κ1) is 21.2. The number of carbonyl (C=O) groups is 1. The molecule has 3 aliphatic rings. The maximum absolute atomic E-state index is 14.7. The molecule has 1 atom stereocenters. The molecule has 2 aromatic rings. The molecule has 5 nitrogen and oxygen atoms in total. The molecule has 1 amide bonds. The SMILES string of the molecule is O=C(CC12CCCN1CCC2)Nc1c(-c2cc(F)ccc2F)ccnc1N1CCC(F)C1. The third-order valence-electron chi connectivity index (χ3n) is 7.15. The fourth-order valence-corrected chi connectivity index (χ4v) is 5.65. The molecule has 32 heavy (non-hydrogen) atoms. The summed E-state index contributed by atoms with van der Waals surface area (Å²) in [5, 5.41) is 2.97. The van der Waals surface area contributed by atoms with Crippen LogP contribution < -0.4 is 10.2 Å². The van der Waals surface area contributed by atoms with Gasteiger partial charge in [-0.15, -0.1) is 0 Å². The summed E-state index contributed by atoms with van der Waals surface area (Å²) in [6, 6.07) is 4.80. The van der Waals surface area contributed by atoms with Crippen LogP contribution in [-0.2, 0) is 4.79 Å². The van der Waals surface area contributed by atoms with Gasteiger partial charge in [0.15, 0.2) is 5.82 Å². The zero-order valence-corrected chi connectivity index (χ0v) is 17.9. The standard InChI is InChI=1S/C24H27F3N4O/c25-16-3-4-20(27)19(13-16)18-5-9-28-23(30-12-6-17(26)15-30)22(18)29-21(32)14-24-7-1-10-31(24)11-2-8-24/h3-5,9,13,17H,1-2,6-8,10-12,14-15H2,(H,29,32). The van der Waals surface area contributed by atoms with Gasteiger partial charge in [0, 0.05) is 35.8 Å². The number of hydrogen-bond acceptors (Lipinski definition) is 4. The summed E-state index contributed by atoms with van der Waals surface area (Å²) in [5.41, 5.74) is 0.584. The van der Waals surface area contributed by atoms with Crippen LogP contribution in [-0.4, -0.2) is 53.7 Å². The van der Waals surface area contributed by atoms with Crippen molar-refractivity contribution in [3.8, 4) is 11.1 Å². The minimum Gasteiger partial charge on any atom is -0.352 e. The van der Waals surface area contributed by atoms with Crippen LogP contribution in [0.25, 0.3) is 11.1 Å². The first-order valence-electron chi connectivity index (χ1n) is 11.3. The third-order valence-corrected chi connectivity index (χ3v) is 7.15. The van der Waals surface area contributed by atoms with E-state index in [4.69, 9.17) is 0 Å². The number of rotatable bonds is 5. The van der Waals surface area contributed by atoms with Crippen molar-refractivity contribution < 1.29 is 18.0 Å². The highest BCUT2D eigenvalue weighted by Gasteiger charge is 2.45. The predicted molar refractivity (Wildman–Crippen MR) is 117 cm³/mol. The zero-order valence-electron chi connectivity index (χ0n) is 17.9. The second-order valence-electron chi connectivity index (χ2n) is 9.16. The van der Waals surface area contributed by atoms with Crippen LogP contribution in [0.3, 0.4) is 0 Å². The molecule has 0 spiro atoms. The molecular formula is C24H27F3N4O. The van der Waals surface area contributed by atoms with Crippen molar-refractivity contribution in [2.45, 2.75) is 50.2 Å². The van der Waals surface area contributed by atoms with Gasteiger partial charge >= 0.3 is 0 Å². The first-order valence-corrected chi connectivity index (χ1v) is 11.3. The van der Waals surface area contributed by atoms with E-state index < -0.39 is 17.8 Å². The van der Waals surface area contributed by atoms with Crippen molar-refractivity contribution >= 4 is 17.4 Å². The van der Waals surface area contributed by atoms with Gasteiger partial charge in [-0.2, -0.15) is 0 Å². The number of nitrogens with one attached hydrogen (secondary N) is 1. The number of amides is 1. The number of nitrogens with zero attached hydrogens (tertiary/aromatic N) is 3. The lowest BCUT2D eigenvalue weighted by Gasteiger charge is -2.32. The summed E-state index contributed by atoms with van der Waals surface area (Å²) < 4.78 is 42.6. The minimum atomic E-state index is -0.987. The van der Waals surface area contributed by atoms with Crippen molar-refractivity contribution in [3.63, 3.8) is 0 Å². The Hall–Kier alpha value is -2.61. The van der Waals surface area contributed by atoms with Crippen molar-refractivity contribution in [1.82, 2.24) is 9.88 Å². The number of halogens is 3. The fraction of sp³-hybridized carbons (Fsp3) is 0.500. The molecular weight excluding hydrogens is 417 g/mol. The maximum atomic E-state index is 14.7. The second kappa shape index (κ2) is 8.39. The van der Waals surface area contributed by atoms with E-state index in [-0.39, 0.29) is 23.6 Å². The Morgan fingerprint density at radius 2 is 1.91 bits per heavy atom. The lowest BCUT2D eigenvalue weighted by molar-refractivity contribution is -0.118. The molecule has 0 radical (unpaired) electrons. The van der Waals surface area contributed by atoms with E-state index in [0.717, 1.165) is 57.0 Å². The van der Waals surface area contributed by atoms with Gasteiger partial charge in [0.25, 0.3) is 0 Å². The average molecular weight is 445 g/mol. The Bertz CT molecular complexity index is 1020. The largest absolute Gasteiger partial charge is 0.352 e. The third kappa shape index (κ3) is 3.85. The molecule has 170 valence electrons. The Morgan fingerprint density at radius 1 is 1.12 bits per heavy atom. The highest BCUT2D eigenvalue weighted by Crippen LogP contribution is 2.43. The monoisotopic (exact) mass is 444 g/mol. The number of fused-ring (bicyclic) bond motifs is 1. The van der Waals surface area contributed by atoms with Gasteiger partial charge in [0.05, 0.1) is 12.2 Å². The van der Waals surface area contributed by atoms with Crippen molar-refractivity contribution in [2.75, 3.05) is 36.4 Å². The molecule has 5 rings (SSSR count). The number of anilines is 2. The maximum Gasteiger partial charge on any atom is 0.226 e. The van der Waals surface area contributed by atoms with E-state index in [1.54, 1.807) is 11.0 Å². The lowest BCUT2D eigenvalue weighted by Crippen LogP contribution is -2.41. The molecule has 3 saturated heterocycles. The Kier molecular flexibility index (Phi) is 5.57. The van der Waals surface area contributed by atoms with Crippen molar-refractivity contribution in [2.24, 2.45) is 0 Å². The Morgan fingerprint density at radius 3 is 2.62 bits per heavy atom. The van der Waals surface area contributed by atoms with Gasteiger partial charge in [0.2, 0.25) is 5.91 Å². The molecule has 0 aliphatic carbocycles. The quantitative estimate of drug-likeness (QED) is 0.736. The van der Waals surface area contributed by atoms with Gasteiger partial charge in [-0.25, -0.2) is 18.2 Å². The second-order valence-corrected chi connectivity index (χ2v) is 9.16. The predicted octanol–water partition coefficient (Wildman–Crippen LogP) is 4.53. The number of hydrogen-bond donors (Lipinski definition) is 1. The molecule has 8 heteroatoms. The van der Waals surface area contributed by atoms with E-state index in [2.05, 4.69) is 15.2 Å². The molecule has 1 unspecified atom stereocenters. The summed E-state index contributed by atoms with van der Waals surface area (Å²) in [5.74, 6) is -0.956. The van der Waals surface area contributed by atoms with Crippen LogP contribution in [0.15, 0.2) is 30.5 Å². The van der Waals surface area contributed by atoms with E-state index in [9.17, 15) is 18.0 Å². The normalized spacial score (nSPS) is 22.3. The van der Waals surface area contributed by atoms with Gasteiger partial charge in [0.1, 0.15) is 17.8 Å². The fourth-order valence-electron chi connectivity index (χ4n) is 5.65. The number of aromatic nitrogens is 1. The van der Waals surface area contributed by atoms with Gasteiger partial charge in [-0.1, -0.05) is 0 Å². The van der Waals surface area contributed by atoms with Crippen LogP contribution in [0.5, 0.6) is 0 Å². The molecule has 3 aliphatic heterocycles. The molecule has 4 heterocycles. The Labute approximate surface area is 185 Å². The van der Waals surface area contributed by atoms with E-state index in [0.29, 0.717) is 36.5 Å². The lowest BCUT2D eigenvalue weighted by atomic mass is 9.90. The molecule has 1 aromatic carbocycles. The summed E-state index contributed by atoms with van der Waals surface area (Å²) in [6.07, 6.45) is 5.35. The number of pyridine rings is 1. The number of alkyl halides is 1. The molecule has 3 fully saturated rings. The first-order chi connectivity index (χ1) is 15.4. The van der Waals surface area contributed by atoms with E-state index in [1.165, 1.54) is 6.20 Å². The summed E-state index contributed by atoms with van der Waals surface area (Å²) >= 11 is 0. The molecule has 0 bridgehead atoms. The number of carbonyl (C=O) groups excluding carboxylic acids is 1. The highest BCUT2D eigenvalue weighted by atomic mass is 19.1. The highest BCUT2D eigenvalue weighted by molar-refractivity contribution is 6.00. The van der Waals surface area contributed by atoms with E-state index >= 15 is 0 Å². The topological polar surface area (TPSA) is 48.5 Å². The van der Waals surface area contributed by atoms with Crippen LogP contribution in [0.1, 0.15) is 38.5 Å². The smallest absolute Gasteiger partial charge is 0.226 e. The average Bonchev–Trinajstić information content (AvgIpc) is 3.45. The molecule has 0 saturated carbocycles. The van der Waals surface area contributed by atoms with Crippen LogP contribution in [0.4, 0.5) is 24.7 Å². The molecule has 1 aromatic heterocycles. The summed E-state index contributed by atoms with van der Waals surface area (Å²) in [7, 11) is 0. The van der Waals surface area contributed by atoms with Crippen LogP contribution in [0.2, 0.25) is 0 Å². The minimum absolute atomic E-state index is 0.0430. The number of benzene rings is 1. The van der Waals surface area contributed by atoms with Gasteiger partial charge < -0.3 is 10.2 Å².